The Morgan fingerprint density at radius 3 is 2.81 bits per heavy atom. The fourth-order valence-electron chi connectivity index (χ4n) is 2.31. The number of aromatic amines is 1. The number of nitrogens with zero attached hydrogens (tertiary/aromatic N) is 2. The average Bonchev–Trinajstić information content (AvgIpc) is 3.13. The average molecular weight is 350 g/mol. The van der Waals surface area contributed by atoms with Crippen molar-refractivity contribution < 1.29 is 14.6 Å². The molecule has 2 aromatic carbocycles. The number of hydrogen-bond acceptors (Lipinski definition) is 5. The van der Waals surface area contributed by atoms with Gasteiger partial charge in [-0.3, -0.25) is 9.89 Å². The third-order valence-corrected chi connectivity index (χ3v) is 3.53. The lowest BCUT2D eigenvalue weighted by Crippen LogP contribution is -2.17. The highest BCUT2D eigenvalue weighted by atomic mass is 16.5. The van der Waals surface area contributed by atoms with Crippen LogP contribution < -0.4 is 10.2 Å². The van der Waals surface area contributed by atoms with Crippen LogP contribution in [-0.4, -0.2) is 34.0 Å². The highest BCUT2D eigenvalue weighted by Gasteiger charge is 2.10. The quantitative estimate of drug-likeness (QED) is 0.470. The molecule has 7 nitrogen and oxygen atoms in total. The molecule has 0 aliphatic rings. The molecule has 0 aliphatic heterocycles. The fraction of sp³-hybridized carbons (Fsp3) is 0.105. The number of rotatable bonds is 6. The number of aromatic nitrogens is 2. The van der Waals surface area contributed by atoms with E-state index in [2.05, 4.69) is 20.7 Å². The maximum absolute atomic E-state index is 12.1. The molecule has 132 valence electrons. The first kappa shape index (κ1) is 17.2. The van der Waals surface area contributed by atoms with E-state index >= 15 is 0 Å². The summed E-state index contributed by atoms with van der Waals surface area (Å²) in [5.41, 5.74) is 4.90. The van der Waals surface area contributed by atoms with Crippen LogP contribution in [0, 0.1) is 0 Å². The number of H-pyrrole nitrogens is 1. The van der Waals surface area contributed by atoms with Gasteiger partial charge in [0.1, 0.15) is 17.2 Å². The SMILES string of the molecule is CCOc1ccc(-c2cc(C(=O)N/N=C\c3cccc(O)c3)[nH]n2)cc1. The molecule has 1 aromatic heterocycles. The van der Waals surface area contributed by atoms with E-state index in [1.165, 1.54) is 12.3 Å². The number of phenols is 1. The van der Waals surface area contributed by atoms with E-state index in [0.29, 0.717) is 23.6 Å². The number of nitrogens with one attached hydrogen (secondary N) is 2. The lowest BCUT2D eigenvalue weighted by Gasteiger charge is -2.02. The van der Waals surface area contributed by atoms with Gasteiger partial charge in [-0.2, -0.15) is 10.2 Å². The van der Waals surface area contributed by atoms with Gasteiger partial charge in [0.05, 0.1) is 18.5 Å². The Hall–Kier alpha value is -3.61. The van der Waals surface area contributed by atoms with E-state index < -0.39 is 5.91 Å². The number of hydrazone groups is 1. The van der Waals surface area contributed by atoms with Gasteiger partial charge in [-0.25, -0.2) is 5.43 Å². The van der Waals surface area contributed by atoms with Crippen LogP contribution >= 0.6 is 0 Å². The summed E-state index contributed by atoms with van der Waals surface area (Å²) in [6.45, 7) is 2.53. The van der Waals surface area contributed by atoms with Crippen LogP contribution in [0.4, 0.5) is 0 Å². The molecule has 3 rings (SSSR count). The van der Waals surface area contributed by atoms with Gasteiger partial charge in [0.25, 0.3) is 5.91 Å². The molecule has 0 spiro atoms. The third kappa shape index (κ3) is 4.27. The minimum atomic E-state index is -0.411. The molecule has 0 fully saturated rings. The highest BCUT2D eigenvalue weighted by Crippen LogP contribution is 2.21. The predicted octanol–water partition coefficient (Wildman–Crippen LogP) is 2.94. The summed E-state index contributed by atoms with van der Waals surface area (Å²) in [4.78, 5) is 12.1. The standard InChI is InChI=1S/C19H18N4O3/c1-2-26-16-8-6-14(7-9-16)17-11-18(22-21-17)19(25)23-20-12-13-4-3-5-15(24)10-13/h3-12,24H,2H2,1H3,(H,21,22)(H,23,25)/b20-12-. The molecule has 0 bridgehead atoms. The first-order chi connectivity index (χ1) is 12.7. The fourth-order valence-corrected chi connectivity index (χ4v) is 2.31. The number of amides is 1. The molecule has 26 heavy (non-hydrogen) atoms. The van der Waals surface area contributed by atoms with E-state index in [-0.39, 0.29) is 5.75 Å². The smallest absolute Gasteiger partial charge is 0.289 e. The van der Waals surface area contributed by atoms with E-state index in [0.717, 1.165) is 11.3 Å². The number of phenolic OH excluding ortho intramolecular Hbond substituents is 1. The minimum absolute atomic E-state index is 0.133. The molecule has 3 aromatic rings. The Labute approximate surface area is 150 Å². The van der Waals surface area contributed by atoms with E-state index in [4.69, 9.17) is 4.74 Å². The minimum Gasteiger partial charge on any atom is -0.508 e. The summed E-state index contributed by atoms with van der Waals surface area (Å²) in [6.07, 6.45) is 1.45. The zero-order valence-corrected chi connectivity index (χ0v) is 14.1. The lowest BCUT2D eigenvalue weighted by atomic mass is 10.1. The first-order valence-corrected chi connectivity index (χ1v) is 8.07. The van der Waals surface area contributed by atoms with E-state index in [1.54, 1.807) is 24.3 Å². The number of benzene rings is 2. The van der Waals surface area contributed by atoms with Gasteiger partial charge in [-0.15, -0.1) is 0 Å². The van der Waals surface area contributed by atoms with Gasteiger partial charge < -0.3 is 9.84 Å². The summed E-state index contributed by atoms with van der Waals surface area (Å²) in [5, 5.41) is 20.1. The van der Waals surface area contributed by atoms with Crippen molar-refractivity contribution in [3.8, 4) is 22.8 Å². The monoisotopic (exact) mass is 350 g/mol. The van der Waals surface area contributed by atoms with Gasteiger partial charge in [-0.1, -0.05) is 12.1 Å². The van der Waals surface area contributed by atoms with Crippen molar-refractivity contribution in [2.45, 2.75) is 6.92 Å². The summed E-state index contributed by atoms with van der Waals surface area (Å²) < 4.78 is 5.40. The molecule has 0 saturated carbocycles. The van der Waals surface area contributed by atoms with Crippen molar-refractivity contribution in [3.63, 3.8) is 0 Å². The Bertz CT molecular complexity index is 917. The molecule has 0 saturated heterocycles. The van der Waals surface area contributed by atoms with Crippen molar-refractivity contribution in [2.24, 2.45) is 5.10 Å². The summed E-state index contributed by atoms with van der Waals surface area (Å²) >= 11 is 0. The summed E-state index contributed by atoms with van der Waals surface area (Å²) in [6, 6.07) is 15.7. The summed E-state index contributed by atoms with van der Waals surface area (Å²) in [7, 11) is 0. The number of hydrogen-bond donors (Lipinski definition) is 3. The number of carbonyl (C=O) groups excluding carboxylic acids is 1. The maximum Gasteiger partial charge on any atom is 0.289 e. The lowest BCUT2D eigenvalue weighted by molar-refractivity contribution is 0.0950. The second kappa shape index (κ2) is 7.98. The molecule has 0 aliphatic carbocycles. The van der Waals surface area contributed by atoms with Crippen LogP contribution in [0.1, 0.15) is 23.0 Å². The van der Waals surface area contributed by atoms with E-state index in [1.807, 2.05) is 31.2 Å². The second-order valence-electron chi connectivity index (χ2n) is 5.42. The van der Waals surface area contributed by atoms with Crippen molar-refractivity contribution in [1.82, 2.24) is 15.6 Å². The Balaban J connectivity index is 1.64. The van der Waals surface area contributed by atoms with Gasteiger partial charge in [0, 0.05) is 5.56 Å². The Kier molecular flexibility index (Phi) is 5.28. The molecule has 1 heterocycles. The largest absolute Gasteiger partial charge is 0.508 e. The maximum atomic E-state index is 12.1. The van der Waals surface area contributed by atoms with Crippen LogP contribution in [0.2, 0.25) is 0 Å². The zero-order chi connectivity index (χ0) is 18.4. The highest BCUT2D eigenvalue weighted by molar-refractivity contribution is 5.94. The molecule has 0 radical (unpaired) electrons. The zero-order valence-electron chi connectivity index (χ0n) is 14.1. The molecular weight excluding hydrogens is 332 g/mol. The molecule has 0 atom stereocenters. The summed E-state index contributed by atoms with van der Waals surface area (Å²) in [5.74, 6) is 0.506. The van der Waals surface area contributed by atoms with Crippen LogP contribution in [0.25, 0.3) is 11.3 Å². The topological polar surface area (TPSA) is 99.6 Å². The molecule has 1 amide bonds. The number of ether oxygens (including phenoxy) is 1. The van der Waals surface area contributed by atoms with Crippen LogP contribution in [0.15, 0.2) is 59.7 Å². The van der Waals surface area contributed by atoms with Crippen molar-refractivity contribution in [2.75, 3.05) is 6.61 Å². The second-order valence-corrected chi connectivity index (χ2v) is 5.42. The Morgan fingerprint density at radius 1 is 1.27 bits per heavy atom. The molecule has 7 heteroatoms. The van der Waals surface area contributed by atoms with Gasteiger partial charge in [-0.05, 0) is 55.0 Å². The van der Waals surface area contributed by atoms with Crippen molar-refractivity contribution >= 4 is 12.1 Å². The molecular formula is C19H18N4O3. The van der Waals surface area contributed by atoms with E-state index in [9.17, 15) is 9.90 Å². The Morgan fingerprint density at radius 2 is 2.08 bits per heavy atom. The van der Waals surface area contributed by atoms with Gasteiger partial charge in [0.15, 0.2) is 0 Å². The van der Waals surface area contributed by atoms with Crippen LogP contribution in [0.3, 0.4) is 0 Å². The van der Waals surface area contributed by atoms with Gasteiger partial charge in [0.2, 0.25) is 0 Å². The number of carbonyl (C=O) groups is 1. The normalized spacial score (nSPS) is 10.8. The van der Waals surface area contributed by atoms with Crippen LogP contribution in [-0.2, 0) is 0 Å². The van der Waals surface area contributed by atoms with Crippen molar-refractivity contribution in [3.05, 3.63) is 65.9 Å². The molecule has 0 unspecified atom stereocenters. The van der Waals surface area contributed by atoms with Crippen LogP contribution in [0.5, 0.6) is 11.5 Å². The van der Waals surface area contributed by atoms with Gasteiger partial charge >= 0.3 is 0 Å². The molecule has 3 N–H and O–H groups in total. The number of aromatic hydroxyl groups is 1. The predicted molar refractivity (Wildman–Crippen MR) is 98.4 cm³/mol. The first-order valence-electron chi connectivity index (χ1n) is 8.07. The van der Waals surface area contributed by atoms with Crippen molar-refractivity contribution in [1.29, 1.82) is 0 Å². The third-order valence-electron chi connectivity index (χ3n) is 3.53.